The van der Waals surface area contributed by atoms with Crippen LogP contribution >= 0.6 is 11.3 Å². The van der Waals surface area contributed by atoms with Crippen LogP contribution in [0.15, 0.2) is 6.20 Å². The number of rotatable bonds is 1. The molecule has 0 bridgehead atoms. The quantitative estimate of drug-likeness (QED) is 0.788. The third-order valence-corrected chi connectivity index (χ3v) is 3.80. The lowest BCUT2D eigenvalue weighted by atomic mass is 9.99. The van der Waals surface area contributed by atoms with Crippen molar-refractivity contribution in [3.63, 3.8) is 0 Å². The number of nitrogens with two attached hydrogens (primary N) is 1. The van der Waals surface area contributed by atoms with E-state index in [0.717, 1.165) is 18.2 Å². The summed E-state index contributed by atoms with van der Waals surface area (Å²) in [5.41, 5.74) is 5.13. The molecule has 0 spiro atoms. The highest BCUT2D eigenvalue weighted by Crippen LogP contribution is 2.32. The molecule has 1 amide bonds. The normalized spacial score (nSPS) is 20.3. The van der Waals surface area contributed by atoms with E-state index >= 15 is 0 Å². The van der Waals surface area contributed by atoms with E-state index in [1.807, 2.05) is 25.8 Å². The van der Waals surface area contributed by atoms with Gasteiger partial charge in [-0.15, -0.1) is 0 Å². The molecule has 5 nitrogen and oxygen atoms in total. The van der Waals surface area contributed by atoms with E-state index in [9.17, 15) is 4.79 Å². The number of anilines is 2. The summed E-state index contributed by atoms with van der Waals surface area (Å²) in [5.74, 6) is 0.118. The third-order valence-electron chi connectivity index (χ3n) is 2.95. The van der Waals surface area contributed by atoms with Gasteiger partial charge in [0.05, 0.1) is 6.20 Å². The van der Waals surface area contributed by atoms with Crippen LogP contribution in [-0.2, 0) is 4.79 Å². The maximum atomic E-state index is 12.1. The fourth-order valence-electron chi connectivity index (χ4n) is 1.95. The Hall–Kier alpha value is -1.30. The van der Waals surface area contributed by atoms with Gasteiger partial charge in [-0.1, -0.05) is 11.3 Å². The largest absolute Gasteiger partial charge is 0.389 e. The van der Waals surface area contributed by atoms with Gasteiger partial charge in [-0.3, -0.25) is 4.79 Å². The van der Waals surface area contributed by atoms with Gasteiger partial charge in [-0.05, 0) is 13.8 Å². The number of carbonyl (C=O) groups excluding carboxylic acids is 1. The highest BCUT2D eigenvalue weighted by molar-refractivity contribution is 7.19. The zero-order chi connectivity index (χ0) is 11.9. The second kappa shape index (κ2) is 3.62. The molecule has 1 fully saturated rings. The Balaban J connectivity index is 2.32. The fraction of sp³-hybridized carbons (Fsp3) is 0.600. The maximum Gasteiger partial charge on any atom is 0.247 e. The van der Waals surface area contributed by atoms with Crippen molar-refractivity contribution in [3.05, 3.63) is 6.20 Å². The Bertz CT molecular complexity index is 415. The predicted molar refractivity (Wildman–Crippen MR) is 65.6 cm³/mol. The first kappa shape index (κ1) is 11.2. The SMILES string of the molecule is CN1CCN(c2ncc(N)s2)C(C)(C)C1=O. The number of likely N-dealkylation sites (N-methyl/N-ethyl adjacent to an activating group) is 1. The van der Waals surface area contributed by atoms with E-state index in [1.165, 1.54) is 11.3 Å². The molecule has 2 rings (SSSR count). The highest BCUT2D eigenvalue weighted by atomic mass is 32.1. The van der Waals surface area contributed by atoms with Crippen molar-refractivity contribution in [2.24, 2.45) is 0 Å². The lowest BCUT2D eigenvalue weighted by Gasteiger charge is -2.44. The Morgan fingerprint density at radius 3 is 2.75 bits per heavy atom. The molecular weight excluding hydrogens is 224 g/mol. The number of nitrogen functional groups attached to an aromatic ring is 1. The first-order valence-corrected chi connectivity index (χ1v) is 5.99. The van der Waals surface area contributed by atoms with E-state index in [0.29, 0.717) is 5.00 Å². The number of amides is 1. The maximum absolute atomic E-state index is 12.1. The number of nitrogens with zero attached hydrogens (tertiary/aromatic N) is 3. The van der Waals surface area contributed by atoms with Gasteiger partial charge in [0.15, 0.2) is 5.13 Å². The highest BCUT2D eigenvalue weighted by Gasteiger charge is 2.41. The van der Waals surface area contributed by atoms with Gasteiger partial charge in [0.2, 0.25) is 5.91 Å². The van der Waals surface area contributed by atoms with Crippen LogP contribution in [0.5, 0.6) is 0 Å². The summed E-state index contributed by atoms with van der Waals surface area (Å²) in [7, 11) is 1.83. The fourth-order valence-corrected chi connectivity index (χ4v) is 2.80. The van der Waals surface area contributed by atoms with Crippen molar-refractivity contribution in [2.75, 3.05) is 30.8 Å². The van der Waals surface area contributed by atoms with Crippen molar-refractivity contribution >= 4 is 27.4 Å². The van der Waals surface area contributed by atoms with Crippen LogP contribution in [0.3, 0.4) is 0 Å². The number of hydrogen-bond acceptors (Lipinski definition) is 5. The Labute approximate surface area is 98.9 Å². The molecule has 6 heteroatoms. The summed E-state index contributed by atoms with van der Waals surface area (Å²) in [6.07, 6.45) is 1.64. The molecule has 0 radical (unpaired) electrons. The van der Waals surface area contributed by atoms with Gasteiger partial charge >= 0.3 is 0 Å². The first-order valence-electron chi connectivity index (χ1n) is 5.17. The number of carbonyl (C=O) groups is 1. The molecule has 2 heterocycles. The topological polar surface area (TPSA) is 62.5 Å². The van der Waals surface area contributed by atoms with E-state index in [2.05, 4.69) is 4.98 Å². The van der Waals surface area contributed by atoms with E-state index in [-0.39, 0.29) is 5.91 Å². The summed E-state index contributed by atoms with van der Waals surface area (Å²) in [6.45, 7) is 5.36. The van der Waals surface area contributed by atoms with Crippen LogP contribution in [0.25, 0.3) is 0 Å². The summed E-state index contributed by atoms with van der Waals surface area (Å²) in [6, 6.07) is 0. The Kier molecular flexibility index (Phi) is 2.53. The average molecular weight is 240 g/mol. The van der Waals surface area contributed by atoms with Gasteiger partial charge in [-0.2, -0.15) is 0 Å². The smallest absolute Gasteiger partial charge is 0.247 e. The standard InChI is InChI=1S/C10H16N4OS/c1-10(2)8(15)13(3)4-5-14(10)9-12-6-7(11)16-9/h6H,4-5,11H2,1-3H3. The summed E-state index contributed by atoms with van der Waals surface area (Å²) >= 11 is 1.42. The molecule has 1 aromatic rings. The molecule has 1 aliphatic heterocycles. The minimum Gasteiger partial charge on any atom is -0.389 e. The van der Waals surface area contributed by atoms with Crippen LogP contribution in [0, 0.1) is 0 Å². The molecular formula is C10H16N4OS. The lowest BCUT2D eigenvalue weighted by Crippen LogP contribution is -2.62. The molecule has 16 heavy (non-hydrogen) atoms. The van der Waals surface area contributed by atoms with Crippen molar-refractivity contribution in [1.29, 1.82) is 0 Å². The first-order chi connectivity index (χ1) is 7.43. The monoisotopic (exact) mass is 240 g/mol. The van der Waals surface area contributed by atoms with Crippen molar-refractivity contribution in [1.82, 2.24) is 9.88 Å². The zero-order valence-electron chi connectivity index (χ0n) is 9.73. The van der Waals surface area contributed by atoms with Crippen molar-refractivity contribution < 1.29 is 4.79 Å². The molecule has 0 aliphatic carbocycles. The Morgan fingerprint density at radius 2 is 2.19 bits per heavy atom. The number of aromatic nitrogens is 1. The van der Waals surface area contributed by atoms with Crippen LogP contribution in [0.4, 0.5) is 10.1 Å². The van der Waals surface area contributed by atoms with E-state index in [1.54, 1.807) is 11.1 Å². The van der Waals surface area contributed by atoms with Crippen LogP contribution < -0.4 is 10.6 Å². The molecule has 0 atom stereocenters. The predicted octanol–water partition coefficient (Wildman–Crippen LogP) is 0.782. The summed E-state index contributed by atoms with van der Waals surface area (Å²) < 4.78 is 0. The molecule has 88 valence electrons. The summed E-state index contributed by atoms with van der Waals surface area (Å²) in [5, 5.41) is 1.50. The average Bonchev–Trinajstić information content (AvgIpc) is 2.61. The summed E-state index contributed by atoms with van der Waals surface area (Å²) in [4.78, 5) is 20.1. The van der Waals surface area contributed by atoms with Gasteiger partial charge in [0.1, 0.15) is 10.5 Å². The second-order valence-corrected chi connectivity index (χ2v) is 5.52. The van der Waals surface area contributed by atoms with Gasteiger partial charge in [0, 0.05) is 20.1 Å². The molecule has 0 aromatic carbocycles. The van der Waals surface area contributed by atoms with Crippen molar-refractivity contribution in [3.8, 4) is 0 Å². The molecule has 1 aromatic heterocycles. The van der Waals surface area contributed by atoms with Crippen molar-refractivity contribution in [2.45, 2.75) is 19.4 Å². The number of piperazine rings is 1. The van der Waals surface area contributed by atoms with Crippen LogP contribution in [-0.4, -0.2) is 41.5 Å². The van der Waals surface area contributed by atoms with E-state index < -0.39 is 5.54 Å². The van der Waals surface area contributed by atoms with E-state index in [4.69, 9.17) is 5.73 Å². The number of hydrogen-bond donors (Lipinski definition) is 1. The van der Waals surface area contributed by atoms with Gasteiger partial charge in [-0.25, -0.2) is 4.98 Å². The zero-order valence-corrected chi connectivity index (χ0v) is 10.5. The minimum atomic E-state index is -0.544. The Morgan fingerprint density at radius 1 is 1.50 bits per heavy atom. The second-order valence-electron chi connectivity index (χ2n) is 4.48. The molecule has 0 saturated carbocycles. The van der Waals surface area contributed by atoms with Gasteiger partial charge < -0.3 is 15.5 Å². The van der Waals surface area contributed by atoms with Gasteiger partial charge in [0.25, 0.3) is 0 Å². The van der Waals surface area contributed by atoms with Crippen LogP contribution in [0.2, 0.25) is 0 Å². The molecule has 1 saturated heterocycles. The number of thiazole rings is 1. The molecule has 2 N–H and O–H groups in total. The lowest BCUT2D eigenvalue weighted by molar-refractivity contribution is -0.136. The minimum absolute atomic E-state index is 0.118. The molecule has 1 aliphatic rings. The van der Waals surface area contributed by atoms with Crippen LogP contribution in [0.1, 0.15) is 13.8 Å². The third kappa shape index (κ3) is 1.63. The molecule has 0 unspecified atom stereocenters.